The van der Waals surface area contributed by atoms with Crippen LogP contribution in [-0.2, 0) is 4.79 Å². The van der Waals surface area contributed by atoms with E-state index in [2.05, 4.69) is 5.32 Å². The minimum atomic E-state index is -0.557. The monoisotopic (exact) mass is 341 g/mol. The largest absolute Gasteiger partial charge is 0.479 e. The molecular weight excluding hydrogens is 326 g/mol. The molecule has 0 saturated heterocycles. The zero-order valence-electron chi connectivity index (χ0n) is 13.6. The summed E-state index contributed by atoms with van der Waals surface area (Å²) in [5.41, 5.74) is 1.25. The summed E-state index contributed by atoms with van der Waals surface area (Å²) in [6.07, 6.45) is -0.557. The standard InChI is InChI=1S/C17H15N3O5/c1-10-17(22)19(2)14-9-12(5-8-15(14)25-10)18-16(21)11-3-6-13(7-4-11)20(23)24/h3-10H,1-2H3,(H,18,21). The number of fused-ring (bicyclic) bond motifs is 1. The molecule has 3 rings (SSSR count). The van der Waals surface area contributed by atoms with Gasteiger partial charge >= 0.3 is 0 Å². The molecule has 2 aromatic rings. The Morgan fingerprint density at radius 2 is 1.92 bits per heavy atom. The van der Waals surface area contributed by atoms with Crippen molar-refractivity contribution in [2.75, 3.05) is 17.3 Å². The number of ether oxygens (including phenoxy) is 1. The number of nitro benzene ring substituents is 1. The maximum absolute atomic E-state index is 12.3. The lowest BCUT2D eigenvalue weighted by Gasteiger charge is -2.30. The van der Waals surface area contributed by atoms with Gasteiger partial charge in [0.2, 0.25) is 0 Å². The molecule has 0 radical (unpaired) electrons. The van der Waals surface area contributed by atoms with Crippen LogP contribution in [0.25, 0.3) is 0 Å². The average Bonchev–Trinajstić information content (AvgIpc) is 2.60. The summed E-state index contributed by atoms with van der Waals surface area (Å²) in [4.78, 5) is 35.9. The predicted octanol–water partition coefficient (Wildman–Crippen LogP) is 2.59. The van der Waals surface area contributed by atoms with E-state index in [-0.39, 0.29) is 17.2 Å². The first-order chi connectivity index (χ1) is 11.9. The Balaban J connectivity index is 1.80. The first-order valence-corrected chi connectivity index (χ1v) is 7.51. The molecule has 1 aliphatic rings. The van der Waals surface area contributed by atoms with Crippen molar-refractivity contribution in [3.05, 3.63) is 58.1 Å². The molecule has 0 aliphatic carbocycles. The highest BCUT2D eigenvalue weighted by molar-refractivity contribution is 6.05. The third-order valence-corrected chi connectivity index (χ3v) is 3.90. The topological polar surface area (TPSA) is 102 Å². The SMILES string of the molecule is CC1Oc2ccc(NC(=O)c3ccc([N+](=O)[O-])cc3)cc2N(C)C1=O. The van der Waals surface area contributed by atoms with E-state index in [1.54, 1.807) is 32.2 Å². The number of nitrogens with zero attached hydrogens (tertiary/aromatic N) is 2. The smallest absolute Gasteiger partial charge is 0.269 e. The van der Waals surface area contributed by atoms with Crippen LogP contribution < -0.4 is 15.0 Å². The van der Waals surface area contributed by atoms with Gasteiger partial charge in [-0.15, -0.1) is 0 Å². The van der Waals surface area contributed by atoms with Gasteiger partial charge in [0, 0.05) is 30.4 Å². The number of anilines is 2. The first kappa shape index (κ1) is 16.4. The molecule has 1 atom stereocenters. The first-order valence-electron chi connectivity index (χ1n) is 7.51. The number of hydrogen-bond acceptors (Lipinski definition) is 5. The van der Waals surface area contributed by atoms with Crippen molar-refractivity contribution in [2.45, 2.75) is 13.0 Å². The lowest BCUT2D eigenvalue weighted by atomic mass is 10.1. The van der Waals surface area contributed by atoms with Crippen LogP contribution in [-0.4, -0.2) is 29.9 Å². The Labute approximate surface area is 143 Å². The fourth-order valence-electron chi connectivity index (χ4n) is 2.53. The Bertz CT molecular complexity index is 863. The molecule has 2 aromatic carbocycles. The van der Waals surface area contributed by atoms with Crippen LogP contribution in [0.3, 0.4) is 0 Å². The van der Waals surface area contributed by atoms with Crippen LogP contribution in [0.5, 0.6) is 5.75 Å². The molecule has 1 unspecified atom stereocenters. The van der Waals surface area contributed by atoms with Gasteiger partial charge in [-0.05, 0) is 37.3 Å². The number of non-ortho nitro benzene ring substituents is 1. The zero-order valence-corrected chi connectivity index (χ0v) is 13.6. The van der Waals surface area contributed by atoms with E-state index in [0.717, 1.165) is 0 Å². The van der Waals surface area contributed by atoms with Gasteiger partial charge in [0.15, 0.2) is 6.10 Å². The van der Waals surface area contributed by atoms with Gasteiger partial charge in [-0.1, -0.05) is 0 Å². The third-order valence-electron chi connectivity index (χ3n) is 3.90. The number of likely N-dealkylation sites (N-methyl/N-ethyl adjacent to an activating group) is 1. The molecule has 25 heavy (non-hydrogen) atoms. The third kappa shape index (κ3) is 3.14. The second kappa shape index (κ2) is 6.23. The number of carbonyl (C=O) groups is 2. The van der Waals surface area contributed by atoms with E-state index in [1.165, 1.54) is 29.2 Å². The van der Waals surface area contributed by atoms with Gasteiger partial charge in [-0.25, -0.2) is 0 Å². The number of nitro groups is 1. The van der Waals surface area contributed by atoms with E-state index >= 15 is 0 Å². The molecule has 1 aliphatic heterocycles. The van der Waals surface area contributed by atoms with E-state index in [9.17, 15) is 19.7 Å². The molecule has 0 bridgehead atoms. The number of hydrogen-bond donors (Lipinski definition) is 1. The average molecular weight is 341 g/mol. The number of benzene rings is 2. The molecule has 2 amide bonds. The molecule has 1 heterocycles. The van der Waals surface area contributed by atoms with Crippen molar-refractivity contribution < 1.29 is 19.2 Å². The summed E-state index contributed by atoms with van der Waals surface area (Å²) in [7, 11) is 1.64. The van der Waals surface area contributed by atoms with Gasteiger partial charge in [0.1, 0.15) is 5.75 Å². The van der Waals surface area contributed by atoms with Crippen LogP contribution in [0.1, 0.15) is 17.3 Å². The Morgan fingerprint density at radius 3 is 2.56 bits per heavy atom. The highest BCUT2D eigenvalue weighted by Crippen LogP contribution is 2.35. The number of amides is 2. The molecule has 0 aromatic heterocycles. The van der Waals surface area contributed by atoms with Gasteiger partial charge in [0.05, 0.1) is 10.6 Å². The highest BCUT2D eigenvalue weighted by Gasteiger charge is 2.29. The van der Waals surface area contributed by atoms with Crippen molar-refractivity contribution in [3.8, 4) is 5.75 Å². The van der Waals surface area contributed by atoms with E-state index in [0.29, 0.717) is 17.1 Å². The molecule has 8 nitrogen and oxygen atoms in total. The molecule has 128 valence electrons. The van der Waals surface area contributed by atoms with Gasteiger partial charge in [-0.2, -0.15) is 0 Å². The van der Waals surface area contributed by atoms with Crippen molar-refractivity contribution in [3.63, 3.8) is 0 Å². The summed E-state index contributed by atoms with van der Waals surface area (Å²) in [6, 6.07) is 10.3. The van der Waals surface area contributed by atoms with Crippen LogP contribution in [0.15, 0.2) is 42.5 Å². The molecule has 0 spiro atoms. The maximum Gasteiger partial charge on any atom is 0.269 e. The normalized spacial score (nSPS) is 16.0. The molecule has 0 saturated carbocycles. The fraction of sp³-hybridized carbons (Fsp3) is 0.176. The van der Waals surface area contributed by atoms with Gasteiger partial charge in [0.25, 0.3) is 17.5 Å². The second-order valence-electron chi connectivity index (χ2n) is 5.60. The van der Waals surface area contributed by atoms with E-state index < -0.39 is 16.9 Å². The van der Waals surface area contributed by atoms with Crippen molar-refractivity contribution in [1.82, 2.24) is 0 Å². The van der Waals surface area contributed by atoms with Crippen molar-refractivity contribution in [1.29, 1.82) is 0 Å². The molecule has 0 fully saturated rings. The summed E-state index contributed by atoms with van der Waals surface area (Å²) in [6.45, 7) is 1.67. The van der Waals surface area contributed by atoms with Crippen molar-refractivity contribution in [2.24, 2.45) is 0 Å². The second-order valence-corrected chi connectivity index (χ2v) is 5.60. The number of carbonyl (C=O) groups excluding carboxylic acids is 2. The predicted molar refractivity (Wildman–Crippen MR) is 91.0 cm³/mol. The maximum atomic E-state index is 12.3. The Morgan fingerprint density at radius 1 is 1.24 bits per heavy atom. The lowest BCUT2D eigenvalue weighted by molar-refractivity contribution is -0.384. The minimum Gasteiger partial charge on any atom is -0.479 e. The summed E-state index contributed by atoms with van der Waals surface area (Å²) in [5.74, 6) is -0.0248. The lowest BCUT2D eigenvalue weighted by Crippen LogP contribution is -2.41. The molecule has 1 N–H and O–H groups in total. The molecular formula is C17H15N3O5. The van der Waals surface area contributed by atoms with Crippen LogP contribution in [0.4, 0.5) is 17.1 Å². The van der Waals surface area contributed by atoms with Crippen LogP contribution in [0, 0.1) is 10.1 Å². The van der Waals surface area contributed by atoms with E-state index in [4.69, 9.17) is 4.74 Å². The number of nitrogens with one attached hydrogen (secondary N) is 1. The zero-order chi connectivity index (χ0) is 18.1. The van der Waals surface area contributed by atoms with Gasteiger partial charge < -0.3 is 15.0 Å². The van der Waals surface area contributed by atoms with Gasteiger partial charge in [-0.3, -0.25) is 19.7 Å². The highest BCUT2D eigenvalue weighted by atomic mass is 16.6. The minimum absolute atomic E-state index is 0.0864. The van der Waals surface area contributed by atoms with Crippen molar-refractivity contribution >= 4 is 28.9 Å². The summed E-state index contributed by atoms with van der Waals surface area (Å²) >= 11 is 0. The number of rotatable bonds is 3. The molecule has 8 heteroatoms. The van der Waals surface area contributed by atoms with Crippen LogP contribution in [0.2, 0.25) is 0 Å². The Kier molecular flexibility index (Phi) is 4.10. The Hall–Kier alpha value is -3.42. The van der Waals surface area contributed by atoms with E-state index in [1.807, 2.05) is 0 Å². The quantitative estimate of drug-likeness (QED) is 0.683. The fourth-order valence-corrected chi connectivity index (χ4v) is 2.53. The van der Waals surface area contributed by atoms with Crippen LogP contribution >= 0.6 is 0 Å². The summed E-state index contributed by atoms with van der Waals surface area (Å²) in [5, 5.41) is 13.4. The summed E-state index contributed by atoms with van der Waals surface area (Å²) < 4.78 is 5.53.